The summed E-state index contributed by atoms with van der Waals surface area (Å²) < 4.78 is 5.18. The van der Waals surface area contributed by atoms with Gasteiger partial charge in [-0.1, -0.05) is 36.4 Å². The Morgan fingerprint density at radius 1 is 1.19 bits per heavy atom. The van der Waals surface area contributed by atoms with Crippen LogP contribution in [0.25, 0.3) is 10.2 Å². The number of fused-ring (bicyclic) bond motifs is 4. The zero-order valence-electron chi connectivity index (χ0n) is 19.7. The fraction of sp³-hybridized carbons (Fsp3) is 0.231. The van der Waals surface area contributed by atoms with Crippen molar-refractivity contribution in [1.29, 1.82) is 0 Å². The number of nitrogens with one attached hydrogen (secondary N) is 2. The van der Waals surface area contributed by atoms with Crippen molar-refractivity contribution >= 4 is 51.5 Å². The highest BCUT2D eigenvalue weighted by molar-refractivity contribution is 7.18. The molecule has 1 aliphatic carbocycles. The van der Waals surface area contributed by atoms with Crippen LogP contribution in [0.1, 0.15) is 44.5 Å². The average Bonchev–Trinajstić information content (AvgIpc) is 3.27. The maximum atomic E-state index is 12.2. The van der Waals surface area contributed by atoms with Gasteiger partial charge in [-0.05, 0) is 54.0 Å². The highest BCUT2D eigenvalue weighted by Gasteiger charge is 2.26. The highest BCUT2D eigenvalue weighted by atomic mass is 35.5. The molecule has 0 saturated heterocycles. The number of nitrogens with two attached hydrogens (primary N) is 1. The number of ether oxygens (including phenoxy) is 1. The van der Waals surface area contributed by atoms with E-state index in [2.05, 4.69) is 27.4 Å². The molecule has 0 bridgehead atoms. The first-order chi connectivity index (χ1) is 17.4. The Morgan fingerprint density at radius 3 is 2.70 bits per heavy atom. The number of H-pyrrole nitrogens is 1. The van der Waals surface area contributed by atoms with Gasteiger partial charge in [-0.3, -0.25) is 9.59 Å². The van der Waals surface area contributed by atoms with E-state index in [0.717, 1.165) is 35.3 Å². The highest BCUT2D eigenvalue weighted by Crippen LogP contribution is 2.39. The number of benzene rings is 2. The van der Waals surface area contributed by atoms with Gasteiger partial charge in [-0.15, -0.1) is 23.7 Å². The second-order valence-electron chi connectivity index (χ2n) is 8.63. The van der Waals surface area contributed by atoms with E-state index in [1.165, 1.54) is 16.9 Å². The normalized spacial score (nSPS) is 15.7. The van der Waals surface area contributed by atoms with Crippen LogP contribution in [0.3, 0.4) is 0 Å². The molecule has 1 unspecified atom stereocenters. The number of carboxylic acids is 1. The average molecular weight is 541 g/mol. The number of hydrogen-bond acceptors (Lipinski definition) is 7. The molecule has 9 nitrogen and oxygen atoms in total. The van der Waals surface area contributed by atoms with Crippen molar-refractivity contribution in [3.05, 3.63) is 86.3 Å². The lowest BCUT2D eigenvalue weighted by Gasteiger charge is -2.22. The summed E-state index contributed by atoms with van der Waals surface area (Å²) in [5.74, 6) is -0.480. The van der Waals surface area contributed by atoms with Crippen molar-refractivity contribution in [3.63, 3.8) is 0 Å². The van der Waals surface area contributed by atoms with Crippen LogP contribution in [-0.4, -0.2) is 33.6 Å². The number of amides is 1. The third kappa shape index (κ3) is 5.51. The molecule has 4 aromatic rings. The SMILES string of the molecule is Cl.NCc1ccc2c(c1)NC(=O)CO2.O=C(O)c1nc2sc3c(c2c(=O)[nH]1)CCC(c1ccccc1)C3. The first kappa shape index (κ1) is 26.3. The first-order valence-corrected chi connectivity index (χ1v) is 12.3. The Hall–Kier alpha value is -3.73. The van der Waals surface area contributed by atoms with Crippen molar-refractivity contribution in [2.75, 3.05) is 11.9 Å². The fourth-order valence-corrected chi connectivity index (χ4v) is 5.85. The van der Waals surface area contributed by atoms with Crippen molar-refractivity contribution in [2.24, 2.45) is 5.73 Å². The number of rotatable bonds is 3. The summed E-state index contributed by atoms with van der Waals surface area (Å²) in [6.45, 7) is 0.554. The topological polar surface area (TPSA) is 147 Å². The van der Waals surface area contributed by atoms with Crippen LogP contribution in [0.15, 0.2) is 53.3 Å². The smallest absolute Gasteiger partial charge is 0.372 e. The van der Waals surface area contributed by atoms with E-state index in [1.807, 2.05) is 36.4 Å². The quantitative estimate of drug-likeness (QED) is 0.308. The van der Waals surface area contributed by atoms with Gasteiger partial charge in [0, 0.05) is 11.4 Å². The van der Waals surface area contributed by atoms with Crippen LogP contribution in [0, 0.1) is 0 Å². The maximum absolute atomic E-state index is 12.2. The number of aryl methyl sites for hydroxylation is 1. The van der Waals surface area contributed by atoms with E-state index in [0.29, 0.717) is 34.1 Å². The van der Waals surface area contributed by atoms with Gasteiger partial charge in [0.25, 0.3) is 11.5 Å². The number of thiophene rings is 1. The first-order valence-electron chi connectivity index (χ1n) is 11.5. The van der Waals surface area contributed by atoms with Crippen LogP contribution in [0.5, 0.6) is 5.75 Å². The standard InChI is InChI=1S/C17H14N2O3S.C9H10N2O2.ClH/c20-15-13-11-7-6-10(9-4-2-1-3-5-9)8-12(11)23-16(13)19-14(18-15)17(21)22;10-4-6-1-2-8-7(3-6)11-9(12)5-13-8;/h1-5,10H,6-8H2,(H,21,22)(H,18,19,20);1-3H,4-5,10H2,(H,11,12);1H. The predicted molar refractivity (Wildman–Crippen MR) is 144 cm³/mol. The lowest BCUT2D eigenvalue weighted by molar-refractivity contribution is -0.118. The van der Waals surface area contributed by atoms with Gasteiger partial charge in [0.15, 0.2) is 6.61 Å². The van der Waals surface area contributed by atoms with Crippen LogP contribution in [-0.2, 0) is 24.2 Å². The summed E-state index contributed by atoms with van der Waals surface area (Å²) in [6, 6.07) is 15.9. The second-order valence-corrected chi connectivity index (χ2v) is 9.71. The van der Waals surface area contributed by atoms with Crippen molar-refractivity contribution in [3.8, 4) is 5.75 Å². The lowest BCUT2D eigenvalue weighted by atomic mass is 9.83. The van der Waals surface area contributed by atoms with Crippen LogP contribution < -0.4 is 21.3 Å². The minimum absolute atomic E-state index is 0. The van der Waals surface area contributed by atoms with Crippen LogP contribution in [0.4, 0.5) is 5.69 Å². The molecule has 0 fully saturated rings. The Kier molecular flexibility index (Phi) is 7.91. The van der Waals surface area contributed by atoms with Crippen molar-refractivity contribution < 1.29 is 19.4 Å². The molecule has 11 heteroatoms. The minimum atomic E-state index is -1.21. The number of halogens is 1. The minimum Gasteiger partial charge on any atom is -0.482 e. The summed E-state index contributed by atoms with van der Waals surface area (Å²) in [5.41, 5.74) is 9.16. The number of carboxylic acid groups (broad SMARTS) is 1. The Morgan fingerprint density at radius 2 is 1.97 bits per heavy atom. The van der Waals surface area contributed by atoms with E-state index >= 15 is 0 Å². The number of hydrogen-bond donors (Lipinski definition) is 4. The van der Waals surface area contributed by atoms with E-state index in [-0.39, 0.29) is 36.3 Å². The number of nitrogens with zero attached hydrogens (tertiary/aromatic N) is 1. The van der Waals surface area contributed by atoms with Crippen molar-refractivity contribution in [2.45, 2.75) is 31.7 Å². The third-order valence-corrected chi connectivity index (χ3v) is 7.45. The fourth-order valence-electron chi connectivity index (χ4n) is 4.55. The second kappa shape index (κ2) is 11.1. The Bertz CT molecular complexity index is 1520. The number of aromatic carboxylic acids is 1. The van der Waals surface area contributed by atoms with E-state index < -0.39 is 5.97 Å². The largest absolute Gasteiger partial charge is 0.482 e. The molecule has 5 N–H and O–H groups in total. The Balaban J connectivity index is 0.000000195. The molecule has 2 aromatic heterocycles. The van der Waals surface area contributed by atoms with E-state index in [9.17, 15) is 14.4 Å². The molecule has 6 rings (SSSR count). The molecular weight excluding hydrogens is 516 g/mol. The molecule has 192 valence electrons. The van der Waals surface area contributed by atoms with Crippen molar-refractivity contribution in [1.82, 2.24) is 9.97 Å². The molecule has 2 aromatic carbocycles. The molecule has 1 aliphatic heterocycles. The predicted octanol–water partition coefficient (Wildman–Crippen LogP) is 3.85. The molecule has 0 radical (unpaired) electrons. The molecule has 0 saturated carbocycles. The number of carbonyl (C=O) groups excluding carboxylic acids is 1. The monoisotopic (exact) mass is 540 g/mol. The molecule has 2 aliphatic rings. The van der Waals surface area contributed by atoms with E-state index in [1.54, 1.807) is 0 Å². The van der Waals surface area contributed by atoms with Gasteiger partial charge in [0.2, 0.25) is 5.82 Å². The summed E-state index contributed by atoms with van der Waals surface area (Å²) in [4.78, 5) is 42.4. The summed E-state index contributed by atoms with van der Waals surface area (Å²) in [7, 11) is 0. The van der Waals surface area contributed by atoms with Gasteiger partial charge in [0.05, 0.1) is 11.1 Å². The van der Waals surface area contributed by atoms with Gasteiger partial charge in [-0.2, -0.15) is 0 Å². The number of aromatic nitrogens is 2. The number of aromatic amines is 1. The number of carbonyl (C=O) groups is 2. The summed E-state index contributed by atoms with van der Waals surface area (Å²) in [5, 5.41) is 12.3. The molecule has 37 heavy (non-hydrogen) atoms. The zero-order valence-corrected chi connectivity index (χ0v) is 21.3. The summed E-state index contributed by atoms with van der Waals surface area (Å²) >= 11 is 1.45. The number of anilines is 1. The third-order valence-electron chi connectivity index (χ3n) is 6.31. The van der Waals surface area contributed by atoms with Gasteiger partial charge in [0.1, 0.15) is 10.6 Å². The summed E-state index contributed by atoms with van der Waals surface area (Å²) in [6.07, 6.45) is 2.69. The maximum Gasteiger partial charge on any atom is 0.372 e. The molecule has 3 heterocycles. The van der Waals surface area contributed by atoms with Gasteiger partial charge < -0.3 is 25.9 Å². The van der Waals surface area contributed by atoms with Crippen LogP contribution in [0.2, 0.25) is 0 Å². The zero-order chi connectivity index (χ0) is 25.2. The lowest BCUT2D eigenvalue weighted by Crippen LogP contribution is -2.25. The van der Waals surface area contributed by atoms with Crippen LogP contribution >= 0.6 is 23.7 Å². The van der Waals surface area contributed by atoms with Gasteiger partial charge in [-0.25, -0.2) is 9.78 Å². The molecule has 1 atom stereocenters. The molecule has 1 amide bonds. The molecule has 0 spiro atoms. The van der Waals surface area contributed by atoms with E-state index in [4.69, 9.17) is 15.6 Å². The van der Waals surface area contributed by atoms with Gasteiger partial charge >= 0.3 is 5.97 Å². The molecular formula is C26H25ClN4O5S. The Labute approximate surface area is 222 Å².